The Bertz CT molecular complexity index is 896. The molecule has 0 bridgehead atoms. The van der Waals surface area contributed by atoms with Crippen LogP contribution in [0.1, 0.15) is 65.1 Å². The molecule has 1 N–H and O–H groups in total. The Balaban J connectivity index is 1.72. The Labute approximate surface area is 179 Å². The molecule has 162 valence electrons. The van der Waals surface area contributed by atoms with Gasteiger partial charge in [-0.3, -0.25) is 4.79 Å². The number of fused-ring (bicyclic) bond motifs is 1. The number of amides is 1. The molecule has 0 unspecified atom stereocenters. The molecule has 0 aromatic heterocycles. The first-order valence-electron chi connectivity index (χ1n) is 10.4. The maximum Gasteiger partial charge on any atom is 0.261 e. The second-order valence-corrected chi connectivity index (χ2v) is 9.57. The largest absolute Gasteiger partial charge is 0.497 e. The highest BCUT2D eigenvalue weighted by Crippen LogP contribution is 2.41. The number of rotatable bonds is 5. The van der Waals surface area contributed by atoms with Crippen molar-refractivity contribution in [1.29, 1.82) is 0 Å². The monoisotopic (exact) mass is 411 g/mol. The summed E-state index contributed by atoms with van der Waals surface area (Å²) in [6.45, 7) is 12.3. The molecule has 0 saturated carbocycles. The first-order chi connectivity index (χ1) is 14.0. The highest BCUT2D eigenvalue weighted by atomic mass is 16.5. The number of carbonyl (C=O) groups excluding carboxylic acids is 1. The number of hydrogen-bond donors (Lipinski definition) is 1. The van der Waals surface area contributed by atoms with Crippen molar-refractivity contribution in [3.8, 4) is 17.2 Å². The number of benzene rings is 2. The van der Waals surface area contributed by atoms with E-state index in [1.807, 2.05) is 56.3 Å². The van der Waals surface area contributed by atoms with Crippen LogP contribution in [0.25, 0.3) is 0 Å². The van der Waals surface area contributed by atoms with E-state index in [9.17, 15) is 4.79 Å². The molecule has 3 rings (SSSR count). The highest BCUT2D eigenvalue weighted by Gasteiger charge is 2.35. The third kappa shape index (κ3) is 5.07. The Hall–Kier alpha value is -2.69. The molecule has 0 spiro atoms. The lowest BCUT2D eigenvalue weighted by Gasteiger charge is -2.38. The first kappa shape index (κ1) is 22.0. The van der Waals surface area contributed by atoms with E-state index in [-0.39, 0.29) is 23.0 Å². The zero-order chi connectivity index (χ0) is 22.1. The van der Waals surface area contributed by atoms with Gasteiger partial charge >= 0.3 is 0 Å². The van der Waals surface area contributed by atoms with Gasteiger partial charge in [-0.15, -0.1) is 0 Å². The van der Waals surface area contributed by atoms with Crippen molar-refractivity contribution < 1.29 is 19.0 Å². The van der Waals surface area contributed by atoms with E-state index in [2.05, 4.69) is 26.1 Å². The fourth-order valence-electron chi connectivity index (χ4n) is 3.67. The molecule has 1 heterocycles. The van der Waals surface area contributed by atoms with Gasteiger partial charge in [0.2, 0.25) is 0 Å². The Morgan fingerprint density at radius 1 is 1.13 bits per heavy atom. The second kappa shape index (κ2) is 8.21. The SMILES string of the molecule is COc1ccc2c(c1)[C@@H](NC(=O)[C@H](C)Oc1ccc(C(C)(C)C)cc1)CC(C)(C)O2. The fraction of sp³-hybridized carbons (Fsp3) is 0.480. The molecular weight excluding hydrogens is 378 g/mol. The first-order valence-corrected chi connectivity index (χ1v) is 10.4. The lowest BCUT2D eigenvalue weighted by atomic mass is 9.87. The van der Waals surface area contributed by atoms with Crippen molar-refractivity contribution in [3.63, 3.8) is 0 Å². The maximum atomic E-state index is 12.9. The van der Waals surface area contributed by atoms with Gasteiger partial charge in [0.05, 0.1) is 13.2 Å². The summed E-state index contributed by atoms with van der Waals surface area (Å²) >= 11 is 0. The van der Waals surface area contributed by atoms with Crippen LogP contribution in [0.4, 0.5) is 0 Å². The van der Waals surface area contributed by atoms with E-state index in [0.29, 0.717) is 12.2 Å². The topological polar surface area (TPSA) is 56.8 Å². The minimum absolute atomic E-state index is 0.0752. The van der Waals surface area contributed by atoms with Crippen LogP contribution in [-0.2, 0) is 10.2 Å². The third-order valence-electron chi connectivity index (χ3n) is 5.39. The van der Waals surface area contributed by atoms with Gasteiger partial charge in [-0.2, -0.15) is 0 Å². The molecule has 0 fully saturated rings. The van der Waals surface area contributed by atoms with Crippen molar-refractivity contribution in [2.24, 2.45) is 0 Å². The maximum absolute atomic E-state index is 12.9. The number of hydrogen-bond acceptors (Lipinski definition) is 4. The van der Waals surface area contributed by atoms with Crippen LogP contribution in [0.5, 0.6) is 17.2 Å². The average Bonchev–Trinajstić information content (AvgIpc) is 2.66. The molecule has 1 aliphatic rings. The van der Waals surface area contributed by atoms with Crippen molar-refractivity contribution in [2.75, 3.05) is 7.11 Å². The summed E-state index contributed by atoms with van der Waals surface area (Å²) in [6.07, 6.45) is 0.0387. The van der Waals surface area contributed by atoms with E-state index in [1.165, 1.54) is 5.56 Å². The van der Waals surface area contributed by atoms with Crippen LogP contribution in [-0.4, -0.2) is 24.7 Å². The number of nitrogens with one attached hydrogen (secondary N) is 1. The van der Waals surface area contributed by atoms with Crippen LogP contribution >= 0.6 is 0 Å². The van der Waals surface area contributed by atoms with Crippen LogP contribution < -0.4 is 19.5 Å². The van der Waals surface area contributed by atoms with Gasteiger partial charge in [0.15, 0.2) is 6.10 Å². The second-order valence-electron chi connectivity index (χ2n) is 9.57. The van der Waals surface area contributed by atoms with Gasteiger partial charge in [0, 0.05) is 12.0 Å². The quantitative estimate of drug-likeness (QED) is 0.737. The van der Waals surface area contributed by atoms with Crippen LogP contribution in [0.2, 0.25) is 0 Å². The molecule has 2 aromatic carbocycles. The van der Waals surface area contributed by atoms with Gasteiger partial charge in [0.1, 0.15) is 22.8 Å². The Morgan fingerprint density at radius 2 is 1.77 bits per heavy atom. The van der Waals surface area contributed by atoms with Gasteiger partial charge in [-0.05, 0) is 62.1 Å². The minimum atomic E-state index is -0.620. The van der Waals surface area contributed by atoms with E-state index < -0.39 is 6.10 Å². The summed E-state index contributed by atoms with van der Waals surface area (Å²) in [6, 6.07) is 13.4. The molecule has 0 aliphatic carbocycles. The van der Waals surface area contributed by atoms with Crippen LogP contribution in [0.3, 0.4) is 0 Å². The van der Waals surface area contributed by atoms with E-state index in [0.717, 1.165) is 17.1 Å². The van der Waals surface area contributed by atoms with Gasteiger partial charge in [-0.25, -0.2) is 0 Å². The smallest absolute Gasteiger partial charge is 0.261 e. The Morgan fingerprint density at radius 3 is 2.37 bits per heavy atom. The van der Waals surface area contributed by atoms with E-state index in [1.54, 1.807) is 14.0 Å². The molecule has 0 radical (unpaired) electrons. The Kier molecular flexibility index (Phi) is 6.02. The molecule has 1 aliphatic heterocycles. The standard InChI is InChI=1S/C25H33NO4/c1-16(29-18-10-8-17(9-11-18)24(2,3)4)23(27)26-21-15-25(5,6)30-22-13-12-19(28-7)14-20(21)22/h8-14,16,21H,15H2,1-7H3,(H,26,27)/t16-,21-/m0/s1. The van der Waals surface area contributed by atoms with Crippen molar-refractivity contribution in [1.82, 2.24) is 5.32 Å². The lowest BCUT2D eigenvalue weighted by Crippen LogP contribution is -2.44. The molecule has 5 heteroatoms. The average molecular weight is 412 g/mol. The molecule has 2 aromatic rings. The highest BCUT2D eigenvalue weighted by molar-refractivity contribution is 5.81. The minimum Gasteiger partial charge on any atom is -0.497 e. The number of ether oxygens (including phenoxy) is 3. The molecule has 5 nitrogen and oxygen atoms in total. The zero-order valence-corrected chi connectivity index (χ0v) is 19.0. The number of carbonyl (C=O) groups is 1. The summed E-state index contributed by atoms with van der Waals surface area (Å²) in [5.74, 6) is 2.02. The van der Waals surface area contributed by atoms with Gasteiger partial charge < -0.3 is 19.5 Å². The predicted molar refractivity (Wildman–Crippen MR) is 118 cm³/mol. The zero-order valence-electron chi connectivity index (χ0n) is 19.0. The van der Waals surface area contributed by atoms with Crippen molar-refractivity contribution in [3.05, 3.63) is 53.6 Å². The summed E-state index contributed by atoms with van der Waals surface area (Å²) in [4.78, 5) is 12.9. The summed E-state index contributed by atoms with van der Waals surface area (Å²) < 4.78 is 17.3. The van der Waals surface area contributed by atoms with Gasteiger partial charge in [0.25, 0.3) is 5.91 Å². The van der Waals surface area contributed by atoms with Crippen LogP contribution in [0.15, 0.2) is 42.5 Å². The summed E-state index contributed by atoms with van der Waals surface area (Å²) in [5.41, 5.74) is 1.84. The molecule has 30 heavy (non-hydrogen) atoms. The van der Waals surface area contributed by atoms with E-state index >= 15 is 0 Å². The third-order valence-corrected chi connectivity index (χ3v) is 5.39. The normalized spacial score (nSPS) is 18.6. The molecule has 1 amide bonds. The lowest BCUT2D eigenvalue weighted by molar-refractivity contribution is -0.128. The fourth-order valence-corrected chi connectivity index (χ4v) is 3.67. The van der Waals surface area contributed by atoms with Crippen molar-refractivity contribution in [2.45, 2.75) is 71.1 Å². The van der Waals surface area contributed by atoms with E-state index in [4.69, 9.17) is 14.2 Å². The molecular formula is C25H33NO4. The predicted octanol–water partition coefficient (Wildman–Crippen LogP) is 5.18. The van der Waals surface area contributed by atoms with Crippen molar-refractivity contribution >= 4 is 5.91 Å². The molecule has 2 atom stereocenters. The van der Waals surface area contributed by atoms with Gasteiger partial charge in [-0.1, -0.05) is 32.9 Å². The molecule has 0 saturated heterocycles. The summed E-state index contributed by atoms with van der Waals surface area (Å²) in [7, 11) is 1.63. The summed E-state index contributed by atoms with van der Waals surface area (Å²) in [5, 5.41) is 3.14. The van der Waals surface area contributed by atoms with Crippen LogP contribution in [0, 0.1) is 0 Å². The number of methoxy groups -OCH3 is 1.